The van der Waals surface area contributed by atoms with Gasteiger partial charge in [-0.2, -0.15) is 0 Å². The second kappa shape index (κ2) is 12.2. The van der Waals surface area contributed by atoms with Gasteiger partial charge in [-0.15, -0.1) is 0 Å². The van der Waals surface area contributed by atoms with Crippen LogP contribution in [-0.2, 0) is 32.1 Å². The monoisotopic (exact) mass is 456 g/mol. The second-order valence-corrected chi connectivity index (χ2v) is 7.89. The lowest BCUT2D eigenvalue weighted by molar-refractivity contribution is -0.146. The summed E-state index contributed by atoms with van der Waals surface area (Å²) in [4.78, 5) is 49.0. The summed E-state index contributed by atoms with van der Waals surface area (Å²) in [5.41, 5.74) is 1.35. The number of alkyl carbamates (subject to hydrolysis) is 1. The van der Waals surface area contributed by atoms with Crippen molar-refractivity contribution in [1.29, 1.82) is 0 Å². The van der Waals surface area contributed by atoms with Crippen LogP contribution >= 0.6 is 0 Å². The molecule has 176 valence electrons. The Morgan fingerprint density at radius 2 is 1.33 bits per heavy atom. The molecular weight excluding hydrogens is 428 g/mol. The van der Waals surface area contributed by atoms with Gasteiger partial charge in [-0.3, -0.25) is 9.59 Å². The maximum atomic E-state index is 13.0. The van der Waals surface area contributed by atoms with E-state index in [4.69, 9.17) is 4.74 Å². The van der Waals surface area contributed by atoms with Gasteiger partial charge >= 0.3 is 18.0 Å². The van der Waals surface area contributed by atoms with E-state index in [-0.39, 0.29) is 13.0 Å². The number of carbonyl (C=O) groups excluding carboxylic acids is 2. The van der Waals surface area contributed by atoms with Crippen LogP contribution in [0.15, 0.2) is 60.7 Å². The number of ether oxygens (including phenoxy) is 1. The largest absolute Gasteiger partial charge is 0.481 e. The van der Waals surface area contributed by atoms with E-state index in [0.29, 0.717) is 11.1 Å². The van der Waals surface area contributed by atoms with Crippen LogP contribution in [-0.4, -0.2) is 46.2 Å². The summed E-state index contributed by atoms with van der Waals surface area (Å²) in [6, 6.07) is 14.6. The van der Waals surface area contributed by atoms with Gasteiger partial charge in [-0.25, -0.2) is 9.59 Å². The highest BCUT2D eigenvalue weighted by molar-refractivity contribution is 5.93. The number of carbonyl (C=O) groups is 4. The first kappa shape index (κ1) is 25.4. The van der Waals surface area contributed by atoms with Crippen molar-refractivity contribution in [2.45, 2.75) is 39.0 Å². The third-order valence-electron chi connectivity index (χ3n) is 5.02. The van der Waals surface area contributed by atoms with Crippen LogP contribution in [0.3, 0.4) is 0 Å². The molecule has 0 aliphatic carbocycles. The molecule has 0 radical (unpaired) electrons. The Bertz CT molecular complexity index is 948. The molecular formula is C24H28N2O7. The molecule has 0 bridgehead atoms. The molecule has 0 fully saturated rings. The maximum Gasteiger partial charge on any atom is 0.408 e. The van der Waals surface area contributed by atoms with Gasteiger partial charge in [0.1, 0.15) is 18.7 Å². The molecule has 0 heterocycles. The zero-order valence-corrected chi connectivity index (χ0v) is 18.4. The molecule has 2 aromatic carbocycles. The Balaban J connectivity index is 2.24. The quantitative estimate of drug-likeness (QED) is 0.407. The molecule has 9 heteroatoms. The molecule has 1 unspecified atom stereocenters. The number of aliphatic carboxylic acids is 2. The molecule has 0 saturated carbocycles. The van der Waals surface area contributed by atoms with E-state index in [1.165, 1.54) is 0 Å². The Kier molecular flexibility index (Phi) is 9.41. The number of carboxylic acid groups (broad SMARTS) is 2. The van der Waals surface area contributed by atoms with Gasteiger partial charge in [-0.1, -0.05) is 74.5 Å². The number of hydrogen-bond donors (Lipinski definition) is 4. The van der Waals surface area contributed by atoms with Crippen molar-refractivity contribution in [2.75, 3.05) is 0 Å². The Hall–Kier alpha value is -3.88. The second-order valence-electron chi connectivity index (χ2n) is 7.89. The number of nitrogens with one attached hydrogen (secondary N) is 2. The zero-order chi connectivity index (χ0) is 24.4. The number of benzene rings is 2. The molecule has 0 saturated heterocycles. The molecule has 3 atom stereocenters. The lowest BCUT2D eigenvalue weighted by Gasteiger charge is -2.27. The minimum atomic E-state index is -1.56. The fourth-order valence-electron chi connectivity index (χ4n) is 3.21. The zero-order valence-electron chi connectivity index (χ0n) is 18.4. The summed E-state index contributed by atoms with van der Waals surface area (Å²) in [5, 5.41) is 23.9. The highest BCUT2D eigenvalue weighted by Crippen LogP contribution is 2.15. The van der Waals surface area contributed by atoms with E-state index in [2.05, 4.69) is 10.6 Å². The van der Waals surface area contributed by atoms with E-state index >= 15 is 0 Å². The molecule has 0 aliphatic heterocycles. The summed E-state index contributed by atoms with van der Waals surface area (Å²) in [5.74, 6) is -5.33. The van der Waals surface area contributed by atoms with E-state index in [1.54, 1.807) is 74.5 Å². The summed E-state index contributed by atoms with van der Waals surface area (Å²) < 4.78 is 5.15. The molecule has 33 heavy (non-hydrogen) atoms. The van der Waals surface area contributed by atoms with E-state index < -0.39 is 47.9 Å². The number of rotatable bonds is 11. The highest BCUT2D eigenvalue weighted by atomic mass is 16.5. The minimum absolute atomic E-state index is 0.0629. The fourth-order valence-corrected chi connectivity index (χ4v) is 3.21. The lowest BCUT2D eigenvalue weighted by Crippen LogP contribution is -2.57. The molecule has 4 N–H and O–H groups in total. The fraction of sp³-hybridized carbons (Fsp3) is 0.333. The van der Waals surface area contributed by atoms with Crippen LogP contribution < -0.4 is 10.6 Å². The van der Waals surface area contributed by atoms with Gasteiger partial charge in [0.05, 0.1) is 5.92 Å². The van der Waals surface area contributed by atoms with Crippen LogP contribution in [0.4, 0.5) is 4.79 Å². The van der Waals surface area contributed by atoms with Crippen molar-refractivity contribution < 1.29 is 34.1 Å². The average Bonchev–Trinajstić information content (AvgIpc) is 2.79. The van der Waals surface area contributed by atoms with Crippen molar-refractivity contribution in [3.63, 3.8) is 0 Å². The predicted molar refractivity (Wildman–Crippen MR) is 119 cm³/mol. The smallest absolute Gasteiger partial charge is 0.408 e. The highest BCUT2D eigenvalue weighted by Gasteiger charge is 2.38. The summed E-state index contributed by atoms with van der Waals surface area (Å²) in [6.45, 7) is 3.13. The van der Waals surface area contributed by atoms with Crippen molar-refractivity contribution in [1.82, 2.24) is 10.6 Å². The molecule has 9 nitrogen and oxygen atoms in total. The molecule has 2 amide bonds. The van der Waals surface area contributed by atoms with Crippen molar-refractivity contribution in [2.24, 2.45) is 11.8 Å². The Morgan fingerprint density at radius 3 is 1.82 bits per heavy atom. The minimum Gasteiger partial charge on any atom is -0.481 e. The van der Waals surface area contributed by atoms with Crippen LogP contribution in [0.5, 0.6) is 0 Å². The Labute approximate surface area is 191 Å². The van der Waals surface area contributed by atoms with Gasteiger partial charge in [0.25, 0.3) is 0 Å². The van der Waals surface area contributed by atoms with Crippen LogP contribution in [0, 0.1) is 11.8 Å². The van der Waals surface area contributed by atoms with E-state index in [0.717, 1.165) is 0 Å². The van der Waals surface area contributed by atoms with Crippen molar-refractivity contribution in [3.8, 4) is 0 Å². The first-order valence-corrected chi connectivity index (χ1v) is 10.5. The maximum absolute atomic E-state index is 13.0. The third kappa shape index (κ3) is 7.95. The van der Waals surface area contributed by atoms with Crippen LogP contribution in [0.2, 0.25) is 0 Å². The Morgan fingerprint density at radius 1 is 0.788 bits per heavy atom. The molecule has 2 aromatic rings. The van der Waals surface area contributed by atoms with Gasteiger partial charge in [0.2, 0.25) is 5.91 Å². The van der Waals surface area contributed by atoms with Gasteiger partial charge in [-0.05, 0) is 23.5 Å². The number of carboxylic acids is 2. The first-order valence-electron chi connectivity index (χ1n) is 10.5. The topological polar surface area (TPSA) is 142 Å². The lowest BCUT2D eigenvalue weighted by atomic mass is 9.91. The molecule has 0 aliphatic rings. The standard InChI is InChI=1S/C24H28N2O7/c1-15(2)19(23(30)31)25-21(27)20(18(22(28)29)13-16-9-5-3-6-10-16)26-24(32)33-14-17-11-7-4-8-12-17/h3-12,15,18-20H,13-14H2,1-2H3,(H,25,27)(H,26,32)(H,28,29)(H,30,31)/t18?,19-,20+/m1/s1. The summed E-state index contributed by atoms with van der Waals surface area (Å²) >= 11 is 0. The van der Waals surface area contributed by atoms with Crippen LogP contribution in [0.25, 0.3) is 0 Å². The van der Waals surface area contributed by atoms with Gasteiger partial charge in [0, 0.05) is 0 Å². The summed E-state index contributed by atoms with van der Waals surface area (Å²) in [7, 11) is 0. The first-order chi connectivity index (χ1) is 15.7. The normalized spacial score (nSPS) is 13.4. The van der Waals surface area contributed by atoms with Gasteiger partial charge in [0.15, 0.2) is 0 Å². The van der Waals surface area contributed by atoms with Crippen molar-refractivity contribution in [3.05, 3.63) is 71.8 Å². The average molecular weight is 456 g/mol. The third-order valence-corrected chi connectivity index (χ3v) is 5.02. The molecule has 0 spiro atoms. The van der Waals surface area contributed by atoms with Gasteiger partial charge < -0.3 is 25.6 Å². The SMILES string of the molecule is CC(C)[C@@H](NC(=O)[C@@H](NC(=O)OCc1ccccc1)C(Cc1ccccc1)C(=O)O)C(=O)O. The van der Waals surface area contributed by atoms with E-state index in [1.807, 2.05) is 0 Å². The van der Waals surface area contributed by atoms with Crippen molar-refractivity contribution >= 4 is 23.9 Å². The number of amides is 2. The summed E-state index contributed by atoms with van der Waals surface area (Å²) in [6.07, 6.45) is -1.05. The number of hydrogen-bond acceptors (Lipinski definition) is 5. The molecule has 2 rings (SSSR count). The van der Waals surface area contributed by atoms with E-state index in [9.17, 15) is 29.4 Å². The molecule has 0 aromatic heterocycles. The van der Waals surface area contributed by atoms with Crippen LogP contribution in [0.1, 0.15) is 25.0 Å². The predicted octanol–water partition coefficient (Wildman–Crippen LogP) is 2.45.